The van der Waals surface area contributed by atoms with Gasteiger partial charge < -0.3 is 4.57 Å². The average molecular weight is 204 g/mol. The van der Waals surface area contributed by atoms with Crippen molar-refractivity contribution in [2.75, 3.05) is 0 Å². The first kappa shape index (κ1) is 13.4. The quantitative estimate of drug-likeness (QED) is 0.678. The first-order valence-electron chi connectivity index (χ1n) is 5.30. The van der Waals surface area contributed by atoms with Crippen LogP contribution in [0.4, 0.5) is 0 Å². The third kappa shape index (κ3) is 3.98. The summed E-state index contributed by atoms with van der Waals surface area (Å²) in [6.45, 7) is 13.5. The predicted octanol–water partition coefficient (Wildman–Crippen LogP) is 3.99. The molecule has 0 aliphatic rings. The number of rotatable bonds is 4. The molecule has 0 aliphatic carbocycles. The van der Waals surface area contributed by atoms with E-state index in [0.29, 0.717) is 0 Å². The molecule has 1 heterocycles. The molecule has 0 saturated carbocycles. The Labute approximate surface area is 92.7 Å². The van der Waals surface area contributed by atoms with Crippen molar-refractivity contribution in [3.8, 4) is 0 Å². The van der Waals surface area contributed by atoms with E-state index in [1.807, 2.05) is 36.8 Å². The zero-order chi connectivity index (χ0) is 11.7. The molecule has 15 heavy (non-hydrogen) atoms. The number of hydrogen-bond acceptors (Lipinski definition) is 1. The van der Waals surface area contributed by atoms with Crippen LogP contribution in [0, 0.1) is 0 Å². The summed E-state index contributed by atoms with van der Waals surface area (Å²) in [5.41, 5.74) is 1.18. The second-order valence-corrected chi connectivity index (χ2v) is 2.65. The zero-order valence-electron chi connectivity index (χ0n) is 9.90. The molecular weight excluding hydrogens is 184 g/mol. The standard InChI is InChI=1S/C11H14N2.C2H6/c1-4-10(5-2)9-11-12-7-8-13(11)6-3;1-2/h4,6-9H,1,3,5H2,2H3;1-2H3/b10-9+;. The molecule has 0 unspecified atom stereocenters. The molecule has 0 aromatic carbocycles. The molecule has 0 aliphatic heterocycles. The molecular formula is C13H20N2. The van der Waals surface area contributed by atoms with Crippen molar-refractivity contribution in [3.05, 3.63) is 43.0 Å². The van der Waals surface area contributed by atoms with Crippen molar-refractivity contribution in [2.45, 2.75) is 27.2 Å². The second kappa shape index (κ2) is 7.80. The summed E-state index contributed by atoms with van der Waals surface area (Å²) in [7, 11) is 0. The summed E-state index contributed by atoms with van der Waals surface area (Å²) in [5, 5.41) is 0. The van der Waals surface area contributed by atoms with Gasteiger partial charge in [-0.15, -0.1) is 0 Å². The summed E-state index contributed by atoms with van der Waals surface area (Å²) in [5.74, 6) is 0.895. The van der Waals surface area contributed by atoms with Crippen molar-refractivity contribution in [1.82, 2.24) is 9.55 Å². The van der Waals surface area contributed by atoms with Gasteiger partial charge in [-0.3, -0.25) is 0 Å². The Hall–Kier alpha value is -1.57. The summed E-state index contributed by atoms with van der Waals surface area (Å²) in [6, 6.07) is 0. The van der Waals surface area contributed by atoms with E-state index in [-0.39, 0.29) is 0 Å². The van der Waals surface area contributed by atoms with Gasteiger partial charge in [0, 0.05) is 18.6 Å². The average Bonchev–Trinajstić information content (AvgIpc) is 2.75. The van der Waals surface area contributed by atoms with E-state index in [2.05, 4.69) is 25.1 Å². The van der Waals surface area contributed by atoms with Gasteiger partial charge in [0.15, 0.2) is 0 Å². The van der Waals surface area contributed by atoms with Crippen molar-refractivity contribution in [2.24, 2.45) is 0 Å². The van der Waals surface area contributed by atoms with E-state index in [0.717, 1.165) is 12.2 Å². The number of allylic oxidation sites excluding steroid dienone is 2. The van der Waals surface area contributed by atoms with Gasteiger partial charge in [-0.1, -0.05) is 40.0 Å². The summed E-state index contributed by atoms with van der Waals surface area (Å²) < 4.78 is 1.87. The van der Waals surface area contributed by atoms with Gasteiger partial charge in [-0.25, -0.2) is 4.98 Å². The Morgan fingerprint density at radius 2 is 2.13 bits per heavy atom. The van der Waals surface area contributed by atoms with Crippen LogP contribution in [0.15, 0.2) is 37.2 Å². The molecule has 0 atom stereocenters. The number of nitrogens with zero attached hydrogens (tertiary/aromatic N) is 2. The van der Waals surface area contributed by atoms with Crippen LogP contribution in [0.2, 0.25) is 0 Å². The third-order valence-corrected chi connectivity index (χ3v) is 1.88. The highest BCUT2D eigenvalue weighted by Gasteiger charge is 1.96. The summed E-state index contributed by atoms with van der Waals surface area (Å²) in [4.78, 5) is 4.19. The van der Waals surface area contributed by atoms with Crippen molar-refractivity contribution < 1.29 is 0 Å². The number of hydrogen-bond donors (Lipinski definition) is 0. The molecule has 0 N–H and O–H groups in total. The lowest BCUT2D eigenvalue weighted by Crippen LogP contribution is -1.88. The van der Waals surface area contributed by atoms with Crippen LogP contribution in [0.3, 0.4) is 0 Å². The first-order chi connectivity index (χ1) is 7.31. The number of imidazole rings is 1. The zero-order valence-corrected chi connectivity index (χ0v) is 9.90. The van der Waals surface area contributed by atoms with E-state index in [1.165, 1.54) is 5.57 Å². The largest absolute Gasteiger partial charge is 0.308 e. The maximum absolute atomic E-state index is 4.19. The van der Waals surface area contributed by atoms with Gasteiger partial charge in [-0.05, 0) is 18.1 Å². The minimum absolute atomic E-state index is 0.895. The van der Waals surface area contributed by atoms with E-state index >= 15 is 0 Å². The highest BCUT2D eigenvalue weighted by Crippen LogP contribution is 2.08. The molecule has 1 rings (SSSR count). The van der Waals surface area contributed by atoms with Crippen LogP contribution in [-0.2, 0) is 0 Å². The third-order valence-electron chi connectivity index (χ3n) is 1.88. The first-order valence-corrected chi connectivity index (χ1v) is 5.30. The molecule has 0 bridgehead atoms. The van der Waals surface area contributed by atoms with Crippen LogP contribution >= 0.6 is 0 Å². The molecule has 82 valence electrons. The monoisotopic (exact) mass is 204 g/mol. The smallest absolute Gasteiger partial charge is 0.136 e. The SMILES string of the molecule is C=C/C(=C\c1nccn1C=C)CC.CC. The molecule has 1 aromatic heterocycles. The molecule has 2 nitrogen and oxygen atoms in total. The molecule has 0 spiro atoms. The Bertz CT molecular complexity index is 332. The van der Waals surface area contributed by atoms with E-state index in [9.17, 15) is 0 Å². The van der Waals surface area contributed by atoms with Gasteiger partial charge in [0.25, 0.3) is 0 Å². The minimum Gasteiger partial charge on any atom is -0.308 e. The van der Waals surface area contributed by atoms with Crippen LogP contribution in [0.1, 0.15) is 33.0 Å². The molecule has 0 saturated heterocycles. The molecule has 1 aromatic rings. The Morgan fingerprint density at radius 3 is 2.60 bits per heavy atom. The predicted molar refractivity (Wildman–Crippen MR) is 68.4 cm³/mol. The van der Waals surface area contributed by atoms with Gasteiger partial charge in [-0.2, -0.15) is 0 Å². The summed E-state index contributed by atoms with van der Waals surface area (Å²) >= 11 is 0. The lowest BCUT2D eigenvalue weighted by molar-refractivity contribution is 1.09. The van der Waals surface area contributed by atoms with Gasteiger partial charge in [0.2, 0.25) is 0 Å². The van der Waals surface area contributed by atoms with Crippen molar-refractivity contribution >= 4 is 12.3 Å². The van der Waals surface area contributed by atoms with Crippen LogP contribution in [-0.4, -0.2) is 9.55 Å². The molecule has 2 heteroatoms. The summed E-state index contributed by atoms with van der Waals surface area (Å²) in [6.07, 6.45) is 10.2. The van der Waals surface area contributed by atoms with Crippen molar-refractivity contribution in [1.29, 1.82) is 0 Å². The van der Waals surface area contributed by atoms with E-state index in [4.69, 9.17) is 0 Å². The highest BCUT2D eigenvalue weighted by atomic mass is 15.0. The van der Waals surface area contributed by atoms with E-state index < -0.39 is 0 Å². The van der Waals surface area contributed by atoms with Gasteiger partial charge in [0.1, 0.15) is 5.82 Å². The Balaban J connectivity index is 0.000000921. The van der Waals surface area contributed by atoms with Crippen LogP contribution in [0.25, 0.3) is 12.3 Å². The fraction of sp³-hybridized carbons (Fsp3) is 0.308. The van der Waals surface area contributed by atoms with Gasteiger partial charge in [0.05, 0.1) is 0 Å². The van der Waals surface area contributed by atoms with Crippen molar-refractivity contribution in [3.63, 3.8) is 0 Å². The van der Waals surface area contributed by atoms with Crippen LogP contribution < -0.4 is 0 Å². The topological polar surface area (TPSA) is 17.8 Å². The maximum Gasteiger partial charge on any atom is 0.136 e. The number of aromatic nitrogens is 2. The maximum atomic E-state index is 4.19. The normalized spacial score (nSPS) is 10.2. The second-order valence-electron chi connectivity index (χ2n) is 2.65. The lowest BCUT2D eigenvalue weighted by Gasteiger charge is -1.98. The lowest BCUT2D eigenvalue weighted by atomic mass is 10.2. The van der Waals surface area contributed by atoms with Crippen LogP contribution in [0.5, 0.6) is 0 Å². The fourth-order valence-corrected chi connectivity index (χ4v) is 1.06. The fourth-order valence-electron chi connectivity index (χ4n) is 1.06. The molecule has 0 amide bonds. The Morgan fingerprint density at radius 1 is 1.47 bits per heavy atom. The van der Waals surface area contributed by atoms with E-state index in [1.54, 1.807) is 12.4 Å². The highest BCUT2D eigenvalue weighted by molar-refractivity contribution is 5.51. The molecule has 0 radical (unpaired) electrons. The Kier molecular flexibility index (Phi) is 6.98. The molecule has 0 fully saturated rings. The van der Waals surface area contributed by atoms with Gasteiger partial charge >= 0.3 is 0 Å². The minimum atomic E-state index is 0.895.